The average molecular weight is 437 g/mol. The second-order valence-corrected chi connectivity index (χ2v) is 8.50. The van der Waals surface area contributed by atoms with Crippen LogP contribution < -0.4 is 4.74 Å². The van der Waals surface area contributed by atoms with Crippen LogP contribution in [0, 0.1) is 11.8 Å². The van der Waals surface area contributed by atoms with Gasteiger partial charge in [0.05, 0.1) is 25.4 Å². The summed E-state index contributed by atoms with van der Waals surface area (Å²) in [6, 6.07) is 7.19. The molecule has 1 aromatic carbocycles. The van der Waals surface area contributed by atoms with Crippen molar-refractivity contribution in [3.63, 3.8) is 0 Å². The molecule has 2 aliphatic rings. The normalized spacial score (nSPS) is 28.7. The van der Waals surface area contributed by atoms with Crippen molar-refractivity contribution in [2.24, 2.45) is 11.8 Å². The van der Waals surface area contributed by atoms with Crippen molar-refractivity contribution in [2.75, 3.05) is 19.8 Å². The van der Waals surface area contributed by atoms with Gasteiger partial charge in [-0.3, -0.25) is 0 Å². The Morgan fingerprint density at radius 3 is 2.67 bits per heavy atom. The SMILES string of the molecule is CCC/C=C/CCC1C(O)CC(O)C1/C=C/C1(COc2cccc(Cl)c2)OCCO1. The summed E-state index contributed by atoms with van der Waals surface area (Å²) in [7, 11) is 0. The number of ether oxygens (including phenoxy) is 3. The van der Waals surface area contributed by atoms with Gasteiger partial charge in [-0.2, -0.15) is 0 Å². The molecule has 1 saturated heterocycles. The Labute approximate surface area is 184 Å². The van der Waals surface area contributed by atoms with E-state index < -0.39 is 18.0 Å². The predicted octanol–water partition coefficient (Wildman–Crippen LogP) is 4.51. The summed E-state index contributed by atoms with van der Waals surface area (Å²) < 4.78 is 17.6. The monoisotopic (exact) mass is 436 g/mol. The van der Waals surface area contributed by atoms with Crippen LogP contribution in [-0.4, -0.2) is 48.0 Å². The second kappa shape index (κ2) is 11.3. The Morgan fingerprint density at radius 1 is 1.17 bits per heavy atom. The van der Waals surface area contributed by atoms with Crippen molar-refractivity contribution < 1.29 is 24.4 Å². The van der Waals surface area contributed by atoms with Gasteiger partial charge in [0.25, 0.3) is 0 Å². The van der Waals surface area contributed by atoms with Crippen LogP contribution in [0.1, 0.15) is 39.0 Å². The smallest absolute Gasteiger partial charge is 0.223 e. The van der Waals surface area contributed by atoms with Crippen LogP contribution in [-0.2, 0) is 9.47 Å². The van der Waals surface area contributed by atoms with Gasteiger partial charge in [-0.05, 0) is 49.5 Å². The molecule has 1 aliphatic carbocycles. The van der Waals surface area contributed by atoms with Crippen LogP contribution in [0.2, 0.25) is 5.02 Å². The number of aliphatic hydroxyl groups excluding tert-OH is 2. The van der Waals surface area contributed by atoms with E-state index in [1.807, 2.05) is 24.3 Å². The molecule has 0 bridgehead atoms. The fourth-order valence-corrected chi connectivity index (χ4v) is 4.34. The number of hydrogen-bond donors (Lipinski definition) is 2. The molecule has 0 radical (unpaired) electrons. The summed E-state index contributed by atoms with van der Waals surface area (Å²) in [5.41, 5.74) is 0. The molecule has 2 fully saturated rings. The molecule has 4 unspecified atom stereocenters. The van der Waals surface area contributed by atoms with Crippen molar-refractivity contribution in [3.05, 3.63) is 53.6 Å². The van der Waals surface area contributed by atoms with Crippen molar-refractivity contribution in [1.82, 2.24) is 0 Å². The number of hydrogen-bond acceptors (Lipinski definition) is 5. The molecule has 0 amide bonds. The van der Waals surface area contributed by atoms with Gasteiger partial charge in [0.2, 0.25) is 5.79 Å². The zero-order valence-corrected chi connectivity index (χ0v) is 18.3. The summed E-state index contributed by atoms with van der Waals surface area (Å²) in [6.45, 7) is 3.29. The Kier molecular flexibility index (Phi) is 8.78. The Hall–Kier alpha value is -1.37. The van der Waals surface area contributed by atoms with Gasteiger partial charge >= 0.3 is 0 Å². The molecule has 3 rings (SSSR count). The highest BCUT2D eigenvalue weighted by Crippen LogP contribution is 2.38. The maximum Gasteiger partial charge on any atom is 0.223 e. The fourth-order valence-electron chi connectivity index (χ4n) is 4.16. The van der Waals surface area contributed by atoms with Crippen molar-refractivity contribution in [3.8, 4) is 5.75 Å². The molecule has 166 valence electrons. The first-order valence-corrected chi connectivity index (χ1v) is 11.3. The van der Waals surface area contributed by atoms with Crippen LogP contribution in [0.5, 0.6) is 5.75 Å². The van der Waals surface area contributed by atoms with Crippen LogP contribution in [0.3, 0.4) is 0 Å². The number of unbranched alkanes of at least 4 members (excludes halogenated alkanes) is 1. The summed E-state index contributed by atoms with van der Waals surface area (Å²) in [4.78, 5) is 0. The quantitative estimate of drug-likeness (QED) is 0.528. The topological polar surface area (TPSA) is 68.2 Å². The van der Waals surface area contributed by atoms with Crippen LogP contribution >= 0.6 is 11.6 Å². The Balaban J connectivity index is 1.64. The molecule has 6 heteroatoms. The molecule has 1 saturated carbocycles. The minimum atomic E-state index is -0.999. The molecular formula is C24H33ClO5. The van der Waals surface area contributed by atoms with Crippen molar-refractivity contribution in [1.29, 1.82) is 0 Å². The third-order valence-electron chi connectivity index (χ3n) is 5.79. The lowest BCUT2D eigenvalue weighted by atomic mass is 9.88. The van der Waals surface area contributed by atoms with E-state index in [2.05, 4.69) is 19.1 Å². The maximum atomic E-state index is 10.5. The second-order valence-electron chi connectivity index (χ2n) is 8.06. The largest absolute Gasteiger partial charge is 0.488 e. The molecule has 2 N–H and O–H groups in total. The van der Waals surface area contributed by atoms with E-state index >= 15 is 0 Å². The number of benzene rings is 1. The lowest BCUT2D eigenvalue weighted by molar-refractivity contribution is -0.139. The van der Waals surface area contributed by atoms with Crippen molar-refractivity contribution >= 4 is 11.6 Å². The molecule has 0 aromatic heterocycles. The van der Waals surface area contributed by atoms with E-state index in [0.29, 0.717) is 30.4 Å². The van der Waals surface area contributed by atoms with Gasteiger partial charge < -0.3 is 24.4 Å². The number of allylic oxidation sites excluding steroid dienone is 2. The highest BCUT2D eigenvalue weighted by molar-refractivity contribution is 6.30. The minimum absolute atomic E-state index is 0.00910. The van der Waals surface area contributed by atoms with E-state index in [9.17, 15) is 10.2 Å². The molecule has 5 nitrogen and oxygen atoms in total. The fraction of sp³-hybridized carbons (Fsp3) is 0.583. The summed E-state index contributed by atoms with van der Waals surface area (Å²) in [5.74, 6) is -0.492. The zero-order chi connectivity index (χ0) is 21.4. The first-order chi connectivity index (χ1) is 14.5. The van der Waals surface area contributed by atoms with E-state index in [1.54, 1.807) is 12.1 Å². The van der Waals surface area contributed by atoms with Crippen molar-refractivity contribution in [2.45, 2.75) is 57.0 Å². The third kappa shape index (κ3) is 6.32. The van der Waals surface area contributed by atoms with E-state index in [1.165, 1.54) is 0 Å². The van der Waals surface area contributed by atoms with E-state index in [0.717, 1.165) is 25.7 Å². The van der Waals surface area contributed by atoms with E-state index in [-0.39, 0.29) is 18.4 Å². The number of rotatable bonds is 10. The minimum Gasteiger partial charge on any atom is -0.488 e. The lowest BCUT2D eigenvalue weighted by Crippen LogP contribution is -2.35. The van der Waals surface area contributed by atoms with Gasteiger partial charge in [-0.25, -0.2) is 0 Å². The number of aliphatic hydroxyl groups is 2. The standard InChI is InChI=1S/C24H33ClO5/c1-2-3-4-5-6-10-20-21(23(27)16-22(20)26)11-12-24(29-13-14-30-24)17-28-19-9-7-8-18(25)15-19/h4-5,7-9,11-12,15,20-23,26-27H,2-3,6,10,13-14,16-17H2,1H3/b5-4+,12-11+. The Bertz CT molecular complexity index is 713. The molecule has 4 atom stereocenters. The maximum absolute atomic E-state index is 10.5. The molecular weight excluding hydrogens is 404 g/mol. The molecule has 30 heavy (non-hydrogen) atoms. The first kappa shape index (κ1) is 23.3. The lowest BCUT2D eigenvalue weighted by Gasteiger charge is -2.26. The average Bonchev–Trinajstić information content (AvgIpc) is 3.29. The first-order valence-electron chi connectivity index (χ1n) is 10.9. The van der Waals surface area contributed by atoms with E-state index in [4.69, 9.17) is 25.8 Å². The number of halogens is 1. The molecule has 0 spiro atoms. The van der Waals surface area contributed by atoms with Gasteiger partial charge in [-0.15, -0.1) is 0 Å². The molecule has 1 heterocycles. The highest BCUT2D eigenvalue weighted by Gasteiger charge is 2.41. The van der Waals surface area contributed by atoms with Gasteiger partial charge in [-0.1, -0.05) is 49.2 Å². The summed E-state index contributed by atoms with van der Waals surface area (Å²) >= 11 is 6.02. The van der Waals surface area contributed by atoms with Crippen LogP contribution in [0.25, 0.3) is 0 Å². The predicted molar refractivity (Wildman–Crippen MR) is 118 cm³/mol. The van der Waals surface area contributed by atoms with Crippen LogP contribution in [0.4, 0.5) is 0 Å². The summed E-state index contributed by atoms with van der Waals surface area (Å²) in [6.07, 6.45) is 11.4. The van der Waals surface area contributed by atoms with Gasteiger partial charge in [0.15, 0.2) is 0 Å². The highest BCUT2D eigenvalue weighted by atomic mass is 35.5. The summed E-state index contributed by atoms with van der Waals surface area (Å²) in [5, 5.41) is 21.6. The Morgan fingerprint density at radius 2 is 1.93 bits per heavy atom. The molecule has 1 aliphatic heterocycles. The molecule has 1 aromatic rings. The zero-order valence-electron chi connectivity index (χ0n) is 17.6. The van der Waals surface area contributed by atoms with Gasteiger partial charge in [0, 0.05) is 17.4 Å². The third-order valence-corrected chi connectivity index (χ3v) is 6.02. The van der Waals surface area contributed by atoms with Crippen LogP contribution in [0.15, 0.2) is 48.6 Å². The van der Waals surface area contributed by atoms with Gasteiger partial charge in [0.1, 0.15) is 12.4 Å².